The lowest BCUT2D eigenvalue weighted by Crippen LogP contribution is -2.27. The van der Waals surface area contributed by atoms with Crippen molar-refractivity contribution in [3.63, 3.8) is 0 Å². The minimum absolute atomic E-state index is 0.0924. The fourth-order valence-electron chi connectivity index (χ4n) is 2.42. The Bertz CT molecular complexity index is 907. The molecule has 3 aromatic rings. The summed E-state index contributed by atoms with van der Waals surface area (Å²) in [6.45, 7) is 0.730. The standard InChI is InChI=1S/C22H21FN2O4/c23-20-13-17(8-9-21(20)29-19-7-4-10-24-15-19)14-25-22(26)16-27-11-12-28-18-5-2-1-3-6-18/h1-10,13,15H,11-12,14,16H2,(H,25,26). The van der Waals surface area contributed by atoms with Crippen LogP contribution in [0.15, 0.2) is 73.1 Å². The molecule has 1 heterocycles. The van der Waals surface area contributed by atoms with Crippen molar-refractivity contribution in [2.75, 3.05) is 19.8 Å². The maximum Gasteiger partial charge on any atom is 0.246 e. The molecule has 0 spiro atoms. The highest BCUT2D eigenvalue weighted by Gasteiger charge is 2.08. The number of amides is 1. The van der Waals surface area contributed by atoms with Gasteiger partial charge in [0.15, 0.2) is 11.6 Å². The number of nitrogens with one attached hydrogen (secondary N) is 1. The Morgan fingerprint density at radius 3 is 2.59 bits per heavy atom. The van der Waals surface area contributed by atoms with E-state index in [-0.39, 0.29) is 31.4 Å². The summed E-state index contributed by atoms with van der Waals surface area (Å²) < 4.78 is 30.4. The van der Waals surface area contributed by atoms with E-state index in [1.54, 1.807) is 24.4 Å². The van der Waals surface area contributed by atoms with Gasteiger partial charge in [-0.05, 0) is 42.0 Å². The van der Waals surface area contributed by atoms with Crippen LogP contribution in [0.25, 0.3) is 0 Å². The molecule has 0 saturated heterocycles. The molecule has 0 bridgehead atoms. The minimum Gasteiger partial charge on any atom is -0.491 e. The van der Waals surface area contributed by atoms with Crippen LogP contribution in [0.1, 0.15) is 5.56 Å². The van der Waals surface area contributed by atoms with Crippen LogP contribution in [0, 0.1) is 5.82 Å². The van der Waals surface area contributed by atoms with Gasteiger partial charge < -0.3 is 19.5 Å². The number of carbonyl (C=O) groups excluding carboxylic acids is 1. The van der Waals surface area contributed by atoms with Gasteiger partial charge in [0.1, 0.15) is 24.7 Å². The van der Waals surface area contributed by atoms with Gasteiger partial charge in [-0.15, -0.1) is 0 Å². The molecule has 29 heavy (non-hydrogen) atoms. The summed E-state index contributed by atoms with van der Waals surface area (Å²) in [5.41, 5.74) is 0.613. The van der Waals surface area contributed by atoms with E-state index in [0.717, 1.165) is 5.75 Å². The first-order valence-corrected chi connectivity index (χ1v) is 9.09. The van der Waals surface area contributed by atoms with E-state index in [1.807, 2.05) is 30.3 Å². The highest BCUT2D eigenvalue weighted by molar-refractivity contribution is 5.77. The lowest BCUT2D eigenvalue weighted by atomic mass is 10.2. The summed E-state index contributed by atoms with van der Waals surface area (Å²) in [5, 5.41) is 2.68. The highest BCUT2D eigenvalue weighted by Crippen LogP contribution is 2.24. The molecular formula is C22H21FN2O4. The van der Waals surface area contributed by atoms with E-state index in [9.17, 15) is 9.18 Å². The maximum absolute atomic E-state index is 14.2. The summed E-state index contributed by atoms with van der Waals surface area (Å²) in [4.78, 5) is 15.8. The fraction of sp³-hybridized carbons (Fsp3) is 0.182. The zero-order valence-electron chi connectivity index (χ0n) is 15.7. The van der Waals surface area contributed by atoms with E-state index >= 15 is 0 Å². The van der Waals surface area contributed by atoms with Crippen LogP contribution in [0.2, 0.25) is 0 Å². The van der Waals surface area contributed by atoms with E-state index in [1.165, 1.54) is 18.3 Å². The summed E-state index contributed by atoms with van der Waals surface area (Å²) >= 11 is 0. The quantitative estimate of drug-likeness (QED) is 0.529. The minimum atomic E-state index is -0.519. The number of nitrogens with zero attached hydrogens (tertiary/aromatic N) is 1. The number of carbonyl (C=O) groups is 1. The van der Waals surface area contributed by atoms with Crippen LogP contribution in [-0.4, -0.2) is 30.7 Å². The average molecular weight is 396 g/mol. The van der Waals surface area contributed by atoms with Gasteiger partial charge in [-0.25, -0.2) is 4.39 Å². The first-order chi connectivity index (χ1) is 14.2. The van der Waals surface area contributed by atoms with Gasteiger partial charge in [0, 0.05) is 12.7 Å². The van der Waals surface area contributed by atoms with Crippen molar-refractivity contribution in [1.29, 1.82) is 0 Å². The van der Waals surface area contributed by atoms with Crippen LogP contribution in [0.5, 0.6) is 17.2 Å². The van der Waals surface area contributed by atoms with Gasteiger partial charge in [-0.1, -0.05) is 24.3 Å². The molecule has 0 fully saturated rings. The monoisotopic (exact) mass is 396 g/mol. The molecule has 6 nitrogen and oxygen atoms in total. The second kappa shape index (κ2) is 10.8. The van der Waals surface area contributed by atoms with Crippen molar-refractivity contribution in [3.8, 4) is 17.2 Å². The summed E-state index contributed by atoms with van der Waals surface area (Å²) in [6.07, 6.45) is 3.10. The first kappa shape index (κ1) is 20.3. The summed E-state index contributed by atoms with van der Waals surface area (Å²) in [5.74, 6) is 0.477. The van der Waals surface area contributed by atoms with Crippen LogP contribution < -0.4 is 14.8 Å². The van der Waals surface area contributed by atoms with Crippen molar-refractivity contribution in [1.82, 2.24) is 10.3 Å². The summed E-state index contributed by atoms with van der Waals surface area (Å²) in [6, 6.07) is 17.3. The molecule has 0 aliphatic carbocycles. The average Bonchev–Trinajstić information content (AvgIpc) is 2.75. The molecular weight excluding hydrogens is 375 g/mol. The molecule has 1 N–H and O–H groups in total. The van der Waals surface area contributed by atoms with Gasteiger partial charge >= 0.3 is 0 Å². The zero-order chi connectivity index (χ0) is 20.3. The third-order valence-corrected chi connectivity index (χ3v) is 3.82. The van der Waals surface area contributed by atoms with Gasteiger partial charge in [0.2, 0.25) is 5.91 Å². The molecule has 150 valence electrons. The number of ether oxygens (including phenoxy) is 3. The highest BCUT2D eigenvalue weighted by atomic mass is 19.1. The van der Waals surface area contributed by atoms with Crippen molar-refractivity contribution < 1.29 is 23.4 Å². The number of hydrogen-bond acceptors (Lipinski definition) is 5. The lowest BCUT2D eigenvalue weighted by Gasteiger charge is -2.10. The predicted octanol–water partition coefficient (Wildman–Crippen LogP) is 3.72. The molecule has 0 radical (unpaired) electrons. The molecule has 7 heteroatoms. The van der Waals surface area contributed by atoms with Gasteiger partial charge in [0.25, 0.3) is 0 Å². The van der Waals surface area contributed by atoms with Gasteiger partial charge in [-0.3, -0.25) is 9.78 Å². The Balaban J connectivity index is 1.36. The van der Waals surface area contributed by atoms with Crippen LogP contribution in [-0.2, 0) is 16.1 Å². The van der Waals surface area contributed by atoms with E-state index in [0.29, 0.717) is 17.9 Å². The second-order valence-electron chi connectivity index (χ2n) is 6.05. The molecule has 0 saturated carbocycles. The lowest BCUT2D eigenvalue weighted by molar-refractivity contribution is -0.126. The third-order valence-electron chi connectivity index (χ3n) is 3.82. The van der Waals surface area contributed by atoms with Crippen molar-refractivity contribution in [2.45, 2.75) is 6.54 Å². The van der Waals surface area contributed by atoms with Gasteiger partial charge in [0.05, 0.1) is 12.8 Å². The third kappa shape index (κ3) is 6.90. The van der Waals surface area contributed by atoms with Crippen LogP contribution in [0.4, 0.5) is 4.39 Å². The van der Waals surface area contributed by atoms with Crippen LogP contribution >= 0.6 is 0 Å². The predicted molar refractivity (Wildman–Crippen MR) is 105 cm³/mol. The molecule has 0 aliphatic heterocycles. The number of rotatable bonds is 10. The molecule has 0 aliphatic rings. The Labute approximate surface area is 168 Å². The number of halogens is 1. The zero-order valence-corrected chi connectivity index (χ0v) is 15.7. The number of pyridine rings is 1. The smallest absolute Gasteiger partial charge is 0.246 e. The summed E-state index contributed by atoms with van der Waals surface area (Å²) in [7, 11) is 0. The largest absolute Gasteiger partial charge is 0.491 e. The Kier molecular flexibility index (Phi) is 7.54. The van der Waals surface area contributed by atoms with E-state index in [2.05, 4.69) is 10.3 Å². The SMILES string of the molecule is O=C(COCCOc1ccccc1)NCc1ccc(Oc2cccnc2)c(F)c1. The topological polar surface area (TPSA) is 69.7 Å². The molecule has 1 amide bonds. The molecule has 0 atom stereocenters. The normalized spacial score (nSPS) is 10.4. The number of aromatic nitrogens is 1. The van der Waals surface area contributed by atoms with E-state index in [4.69, 9.17) is 14.2 Å². The first-order valence-electron chi connectivity index (χ1n) is 9.09. The fourth-order valence-corrected chi connectivity index (χ4v) is 2.42. The van der Waals surface area contributed by atoms with Gasteiger partial charge in [-0.2, -0.15) is 0 Å². The van der Waals surface area contributed by atoms with E-state index < -0.39 is 5.82 Å². The second-order valence-corrected chi connectivity index (χ2v) is 6.05. The number of para-hydroxylation sites is 1. The molecule has 2 aromatic carbocycles. The maximum atomic E-state index is 14.2. The Morgan fingerprint density at radius 2 is 1.83 bits per heavy atom. The molecule has 0 unspecified atom stereocenters. The molecule has 3 rings (SSSR count). The Hall–Kier alpha value is -3.45. The van der Waals surface area contributed by atoms with Crippen molar-refractivity contribution in [3.05, 3.63) is 84.4 Å². The Morgan fingerprint density at radius 1 is 1.00 bits per heavy atom. The van der Waals surface area contributed by atoms with Crippen molar-refractivity contribution in [2.24, 2.45) is 0 Å². The number of hydrogen-bond donors (Lipinski definition) is 1. The molecule has 1 aromatic heterocycles. The van der Waals surface area contributed by atoms with Crippen LogP contribution in [0.3, 0.4) is 0 Å². The number of benzene rings is 2. The van der Waals surface area contributed by atoms with Crippen molar-refractivity contribution >= 4 is 5.91 Å².